The molecule has 0 radical (unpaired) electrons. The minimum absolute atomic E-state index is 0.00708. The second-order valence-corrected chi connectivity index (χ2v) is 10.9. The zero-order chi connectivity index (χ0) is 31.6. The molecular weight excluding hydrogens is 613 g/mol. The fourth-order valence-corrected chi connectivity index (χ4v) is 6.44. The lowest BCUT2D eigenvalue weighted by molar-refractivity contribution is -0.385. The van der Waals surface area contributed by atoms with Crippen LogP contribution in [0.15, 0.2) is 12.1 Å². The number of benzene rings is 2. The van der Waals surface area contributed by atoms with Crippen molar-refractivity contribution in [2.75, 3.05) is 26.4 Å². The number of carboxylic acids is 2. The van der Waals surface area contributed by atoms with Gasteiger partial charge in [-0.1, -0.05) is 37.0 Å². The van der Waals surface area contributed by atoms with Crippen LogP contribution in [0.25, 0.3) is 0 Å². The summed E-state index contributed by atoms with van der Waals surface area (Å²) in [5, 5.41) is 42.2. The molecule has 2 fully saturated rings. The number of hydrogen-bond acceptors (Lipinski definition) is 10. The number of halogens is 2. The van der Waals surface area contributed by atoms with Gasteiger partial charge in [-0.05, 0) is 31.7 Å². The molecule has 2 bridgehead atoms. The Morgan fingerprint density at radius 3 is 2.09 bits per heavy atom. The van der Waals surface area contributed by atoms with E-state index in [1.807, 2.05) is 0 Å². The molecule has 2 heterocycles. The maximum atomic E-state index is 12.3. The first-order valence-electron chi connectivity index (χ1n) is 13.5. The summed E-state index contributed by atoms with van der Waals surface area (Å²) in [6.45, 7) is 3.79. The smallest absolute Gasteiger partial charge is 0.336 e. The second-order valence-electron chi connectivity index (χ2n) is 10.1. The Bertz CT molecular complexity index is 1450. The zero-order valence-corrected chi connectivity index (χ0v) is 24.7. The van der Waals surface area contributed by atoms with Crippen LogP contribution in [-0.2, 0) is 17.6 Å². The molecule has 2 aliphatic rings. The molecule has 2 aliphatic heterocycles. The normalized spacial score (nSPS) is 18.7. The lowest BCUT2D eigenvalue weighted by Gasteiger charge is -2.40. The molecule has 0 saturated carbocycles. The third kappa shape index (κ3) is 6.32. The molecule has 3 atom stereocenters. The Morgan fingerprint density at radius 1 is 0.977 bits per heavy atom. The van der Waals surface area contributed by atoms with E-state index in [1.54, 1.807) is 13.8 Å². The Labute approximate surface area is 255 Å². The summed E-state index contributed by atoms with van der Waals surface area (Å²) in [5.41, 5.74) is -1.61. The minimum atomic E-state index is -1.41. The van der Waals surface area contributed by atoms with Gasteiger partial charge in [0.05, 0.1) is 40.2 Å². The van der Waals surface area contributed by atoms with Crippen LogP contribution in [0.4, 0.5) is 11.4 Å². The SMILES string of the molecule is CCc1c(OCC(COc2cc(C(=O)O)cc([N+](=O)[O-])c2Cl)N2[C@@H]3CC[C@H]2COC3)c(Cl)c([N+](=O)[O-])c(CC)c1C(=O)O. The maximum absolute atomic E-state index is 12.3. The predicted octanol–water partition coefficient (Wildman–Crippen LogP) is 5.02. The molecule has 16 heteroatoms. The van der Waals surface area contributed by atoms with Gasteiger partial charge in [-0.15, -0.1) is 0 Å². The van der Waals surface area contributed by atoms with Crippen molar-refractivity contribution in [2.45, 2.75) is 57.7 Å². The van der Waals surface area contributed by atoms with E-state index in [4.69, 9.17) is 37.4 Å². The van der Waals surface area contributed by atoms with Crippen molar-refractivity contribution in [3.05, 3.63) is 64.7 Å². The van der Waals surface area contributed by atoms with Crippen LogP contribution in [0.2, 0.25) is 10.0 Å². The van der Waals surface area contributed by atoms with Crippen molar-refractivity contribution in [2.24, 2.45) is 0 Å². The van der Waals surface area contributed by atoms with E-state index in [0.717, 1.165) is 25.0 Å². The molecule has 2 N–H and O–H groups in total. The van der Waals surface area contributed by atoms with Crippen LogP contribution in [-0.4, -0.2) is 81.5 Å². The number of morpholine rings is 1. The van der Waals surface area contributed by atoms with Gasteiger partial charge in [0.2, 0.25) is 0 Å². The number of aromatic carboxylic acids is 2. The molecule has 0 aliphatic carbocycles. The lowest BCUT2D eigenvalue weighted by Crippen LogP contribution is -2.55. The van der Waals surface area contributed by atoms with Gasteiger partial charge in [0.25, 0.3) is 11.4 Å². The van der Waals surface area contributed by atoms with Crippen molar-refractivity contribution in [1.29, 1.82) is 0 Å². The van der Waals surface area contributed by atoms with E-state index >= 15 is 0 Å². The Balaban J connectivity index is 1.73. The third-order valence-corrected chi connectivity index (χ3v) is 8.44. The monoisotopic (exact) mass is 641 g/mol. The van der Waals surface area contributed by atoms with E-state index in [-0.39, 0.29) is 76.4 Å². The molecule has 0 aromatic heterocycles. The molecule has 2 aromatic carbocycles. The highest BCUT2D eigenvalue weighted by Gasteiger charge is 2.42. The number of hydrogen-bond donors (Lipinski definition) is 2. The van der Waals surface area contributed by atoms with Gasteiger partial charge in [0.1, 0.15) is 24.7 Å². The summed E-state index contributed by atoms with van der Waals surface area (Å²) in [5.74, 6) is -3.11. The van der Waals surface area contributed by atoms with Gasteiger partial charge in [-0.3, -0.25) is 25.1 Å². The van der Waals surface area contributed by atoms with Crippen LogP contribution < -0.4 is 9.47 Å². The highest BCUT2D eigenvalue weighted by molar-refractivity contribution is 6.35. The minimum Gasteiger partial charge on any atom is -0.490 e. The highest BCUT2D eigenvalue weighted by atomic mass is 35.5. The molecule has 14 nitrogen and oxygen atoms in total. The molecule has 2 saturated heterocycles. The van der Waals surface area contributed by atoms with Gasteiger partial charge in [-0.25, -0.2) is 9.59 Å². The van der Waals surface area contributed by atoms with E-state index in [2.05, 4.69) is 4.90 Å². The zero-order valence-electron chi connectivity index (χ0n) is 23.2. The lowest BCUT2D eigenvalue weighted by atomic mass is 9.94. The largest absolute Gasteiger partial charge is 0.490 e. The van der Waals surface area contributed by atoms with Gasteiger partial charge < -0.3 is 24.4 Å². The summed E-state index contributed by atoms with van der Waals surface area (Å²) >= 11 is 12.7. The first-order chi connectivity index (χ1) is 20.4. The fraction of sp³-hybridized carbons (Fsp3) is 0.481. The van der Waals surface area contributed by atoms with Gasteiger partial charge in [-0.2, -0.15) is 0 Å². The van der Waals surface area contributed by atoms with E-state index in [0.29, 0.717) is 13.2 Å². The van der Waals surface area contributed by atoms with Crippen LogP contribution in [0.3, 0.4) is 0 Å². The first kappa shape index (κ1) is 32.2. The topological polar surface area (TPSA) is 192 Å². The van der Waals surface area contributed by atoms with Crippen LogP contribution in [0, 0.1) is 20.2 Å². The van der Waals surface area contributed by atoms with Crippen molar-refractivity contribution in [3.63, 3.8) is 0 Å². The average Bonchev–Trinajstić information content (AvgIpc) is 3.19. The molecule has 0 amide bonds. The molecule has 1 unspecified atom stereocenters. The number of nitro benzene ring substituents is 2. The molecule has 43 heavy (non-hydrogen) atoms. The standard InChI is InChI=1S/C27H29Cl2N3O11/c1-3-17-21(27(35)36)18(4-2)25(23(29)24(17)32(39)40)43-12-16(30-14-5-6-15(30)10-41-9-14)11-42-20-8-13(26(33)34)7-19(22(20)28)31(37)38/h7-8,14-16H,3-6,9-12H2,1-2H3,(H,33,34)(H,35,36)/t14-,15+,16?. The number of ether oxygens (including phenoxy) is 3. The van der Waals surface area contributed by atoms with Crippen LogP contribution in [0.5, 0.6) is 11.5 Å². The number of rotatable bonds is 13. The van der Waals surface area contributed by atoms with Crippen LogP contribution in [0.1, 0.15) is 58.5 Å². The predicted molar refractivity (Wildman–Crippen MR) is 153 cm³/mol. The second kappa shape index (κ2) is 13.3. The van der Waals surface area contributed by atoms with E-state index in [9.17, 15) is 40.0 Å². The van der Waals surface area contributed by atoms with Crippen molar-refractivity contribution in [1.82, 2.24) is 4.90 Å². The summed E-state index contributed by atoms with van der Waals surface area (Å²) in [6.07, 6.45) is 1.83. The first-order valence-corrected chi connectivity index (χ1v) is 14.2. The number of nitrogens with zero attached hydrogens (tertiary/aromatic N) is 3. The third-order valence-electron chi connectivity index (χ3n) is 7.71. The number of carboxylic acid groups (broad SMARTS) is 2. The number of nitro groups is 2. The van der Waals surface area contributed by atoms with E-state index < -0.39 is 44.8 Å². The maximum Gasteiger partial charge on any atom is 0.336 e. The van der Waals surface area contributed by atoms with Gasteiger partial charge in [0, 0.05) is 29.3 Å². The quantitative estimate of drug-likeness (QED) is 0.219. The molecule has 232 valence electrons. The summed E-state index contributed by atoms with van der Waals surface area (Å²) < 4.78 is 17.7. The molecule has 0 spiro atoms. The van der Waals surface area contributed by atoms with Crippen LogP contribution >= 0.6 is 23.2 Å². The van der Waals surface area contributed by atoms with E-state index in [1.165, 1.54) is 0 Å². The Hall–Kier alpha value is -3.72. The summed E-state index contributed by atoms with van der Waals surface area (Å²) in [6, 6.07) is 1.27. The summed E-state index contributed by atoms with van der Waals surface area (Å²) in [7, 11) is 0. The Morgan fingerprint density at radius 2 is 1.58 bits per heavy atom. The Kier molecular flexibility index (Phi) is 9.95. The highest BCUT2D eigenvalue weighted by Crippen LogP contribution is 2.44. The van der Waals surface area contributed by atoms with Crippen molar-refractivity contribution >= 4 is 46.5 Å². The van der Waals surface area contributed by atoms with Crippen molar-refractivity contribution in [3.8, 4) is 11.5 Å². The number of fused-ring (bicyclic) bond motifs is 2. The molecule has 4 rings (SSSR count). The van der Waals surface area contributed by atoms with Crippen molar-refractivity contribution < 1.29 is 43.9 Å². The average molecular weight is 642 g/mol. The molecule has 2 aromatic rings. The fourth-order valence-electron chi connectivity index (χ4n) is 5.85. The number of carbonyl (C=O) groups is 2. The summed E-state index contributed by atoms with van der Waals surface area (Å²) in [4.78, 5) is 47.9. The van der Waals surface area contributed by atoms with Gasteiger partial charge >= 0.3 is 11.9 Å². The molecular formula is C27H29Cl2N3O11. The van der Waals surface area contributed by atoms with Gasteiger partial charge in [0.15, 0.2) is 10.0 Å².